The molecule has 4 aliphatic heterocycles. The zero-order chi connectivity index (χ0) is 108. The molecule has 4 N–H and O–H groups in total. The first kappa shape index (κ1) is 113. The minimum absolute atomic E-state index is 0.0140. The number of amides is 4. The summed E-state index contributed by atoms with van der Waals surface area (Å²) < 4.78 is 31.6. The largest absolute Gasteiger partial charge is 0.494 e. The van der Waals surface area contributed by atoms with Crippen molar-refractivity contribution in [2.75, 3.05) is 77.2 Å². The van der Waals surface area contributed by atoms with E-state index in [0.29, 0.717) is 61.6 Å². The maximum Gasteiger partial charge on any atom is 0.494 e. The Hall–Kier alpha value is -12.3. The molecule has 0 spiro atoms. The van der Waals surface area contributed by atoms with Gasteiger partial charge < -0.3 is 64.5 Å². The second-order valence-electron chi connectivity index (χ2n) is 39.3. The number of alkyl carbamates (subject to hydrolysis) is 1. The third kappa shape index (κ3) is 31.0. The number of esters is 1. The Morgan fingerprint density at radius 2 is 0.820 bits per heavy atom. The number of imidazole rings is 4. The van der Waals surface area contributed by atoms with Crippen LogP contribution >= 0.6 is 113 Å². The first-order valence-corrected chi connectivity index (χ1v) is 52.7. The maximum absolute atomic E-state index is 12.7. The molecular formula is C110H117BBr2Cl7N21O9. The van der Waals surface area contributed by atoms with Gasteiger partial charge in [0.1, 0.15) is 43.0 Å². The summed E-state index contributed by atoms with van der Waals surface area (Å²) in [5.41, 5.74) is 19.7. The topological polar surface area (TPSA) is 313 Å². The number of hydrogen-bond acceptors (Lipinski definition) is 22. The van der Waals surface area contributed by atoms with E-state index in [9.17, 15) is 24.0 Å². The van der Waals surface area contributed by atoms with Gasteiger partial charge in [-0.25, -0.2) is 42.8 Å². The molecule has 3 unspecified atom stereocenters. The molecule has 0 saturated carbocycles. The van der Waals surface area contributed by atoms with Crippen molar-refractivity contribution in [3.8, 4) is 22.5 Å². The van der Waals surface area contributed by atoms with Gasteiger partial charge in [0.2, 0.25) is 17.7 Å². The van der Waals surface area contributed by atoms with Gasteiger partial charge in [-0.3, -0.25) is 19.2 Å². The highest BCUT2D eigenvalue weighted by Gasteiger charge is 2.52. The summed E-state index contributed by atoms with van der Waals surface area (Å²) in [4.78, 5) is 90.2. The van der Waals surface area contributed by atoms with Gasteiger partial charge in [0.25, 0.3) is 0 Å². The van der Waals surface area contributed by atoms with Crippen LogP contribution in [0.3, 0.4) is 0 Å². The fraction of sp³-hybridized carbons (Fsp3) is 0.300. The lowest BCUT2D eigenvalue weighted by Gasteiger charge is -2.32. The number of aromatic nitrogens is 12. The monoisotopic (exact) mass is 2290 g/mol. The van der Waals surface area contributed by atoms with E-state index in [1.807, 2.05) is 322 Å². The van der Waals surface area contributed by atoms with Crippen LogP contribution in [0.25, 0.3) is 45.1 Å². The molecule has 4 amide bonds. The van der Waals surface area contributed by atoms with Gasteiger partial charge in [-0.05, 0) is 293 Å². The lowest BCUT2D eigenvalue weighted by molar-refractivity contribution is -0.155. The minimum atomic E-state index is -0.574. The van der Waals surface area contributed by atoms with E-state index in [0.717, 1.165) is 150 Å². The van der Waals surface area contributed by atoms with E-state index in [1.165, 1.54) is 5.56 Å². The Kier molecular flexibility index (Phi) is 38.3. The number of nitrogens with zero attached hydrogens (tertiary/aromatic N) is 18. The Labute approximate surface area is 924 Å². The molecule has 0 aliphatic carbocycles. The van der Waals surface area contributed by atoms with E-state index < -0.39 is 35.6 Å². The average molecular weight is 2300 g/mol. The number of rotatable bonds is 21. The molecule has 12 heterocycles. The molecule has 16 aromatic rings. The molecule has 782 valence electrons. The number of fused-ring (bicyclic) bond motifs is 4. The number of benzene rings is 8. The van der Waals surface area contributed by atoms with E-state index >= 15 is 0 Å². The van der Waals surface area contributed by atoms with Crippen LogP contribution < -0.4 is 51.2 Å². The first-order chi connectivity index (χ1) is 71.4. The fourth-order valence-corrected chi connectivity index (χ4v) is 18.6. The molecule has 0 radical (unpaired) electrons. The van der Waals surface area contributed by atoms with Gasteiger partial charge in [0.15, 0.2) is 22.6 Å². The molecule has 20 rings (SSSR count). The minimum Gasteiger partial charge on any atom is -0.460 e. The standard InChI is InChI=1S/C30H32ClN5O3.C24H23ClN6O.C21H31BN2O5.C14H12BrClN4.C8H10ClN.C7H6Cl2.C6H3BrClN3/c1-30(2,3)39-29(38)16-21-15-28(37)35(19-21)24-10-8-22(9-11-24)25-17-32-26-12-13-27(33-36(25)26)34(4)18-20-6-5-7-23(31)14-20;1-29(14-16-3-2-4-18(25)11-16)23-10-9-22-27-13-21(31(22)28-23)17-5-7-20(8-6-17)30-15-19(26)12-24(30)32;1-19(2,3)27-18(26)23-15-12-17(25)24(13-15)16-10-8-14(9-11-16)22-28-20(4,5)21(6,7)29-22;1-19(9-10-3-2-4-11(16)7-10)14-6-5-13-17-8-12(15)20(13)18-14;1-10-6-7-3-2-4-8(9)5-7;8-5-6-2-1-3-7(9)4-6;7-4-3-9-6-2-1-5(8)10-11(4)6/h5-14,17,21H,15-16,18-19H2,1-4H3;2-11,13,19H,12,14-15,26H2,1H3;8-11,15H,12-13H2,1-7H3,(H,23,26);2-8H,9H2,1H3;2-5,10H,6H2,1H3;1-4H,5H2;1-3H. The smallest absolute Gasteiger partial charge is 0.460 e. The quantitative estimate of drug-likeness (QED) is 0.0342. The van der Waals surface area contributed by atoms with E-state index in [4.69, 9.17) is 116 Å². The van der Waals surface area contributed by atoms with Crippen molar-refractivity contribution in [2.24, 2.45) is 11.7 Å². The molecular weight excluding hydrogens is 2180 g/mol. The predicted molar refractivity (Wildman–Crippen MR) is 607 cm³/mol. The van der Waals surface area contributed by atoms with Crippen LogP contribution in [0.4, 0.5) is 39.3 Å². The summed E-state index contributed by atoms with van der Waals surface area (Å²) >= 11 is 47.6. The molecule has 4 saturated heterocycles. The van der Waals surface area contributed by atoms with Gasteiger partial charge >= 0.3 is 19.2 Å². The van der Waals surface area contributed by atoms with Gasteiger partial charge in [-0.1, -0.05) is 167 Å². The number of alkyl halides is 1. The van der Waals surface area contributed by atoms with Crippen LogP contribution in [0.15, 0.2) is 277 Å². The maximum atomic E-state index is 12.7. The summed E-state index contributed by atoms with van der Waals surface area (Å²) in [6.07, 6.45) is 7.74. The van der Waals surface area contributed by atoms with E-state index in [-0.39, 0.29) is 54.5 Å². The van der Waals surface area contributed by atoms with Crippen LogP contribution in [0.1, 0.15) is 123 Å². The van der Waals surface area contributed by atoms with Gasteiger partial charge in [-0.15, -0.1) is 26.9 Å². The molecule has 4 fully saturated rings. The summed E-state index contributed by atoms with van der Waals surface area (Å²) in [5, 5.41) is 28.2. The van der Waals surface area contributed by atoms with Crippen molar-refractivity contribution in [3.05, 3.63) is 335 Å². The van der Waals surface area contributed by atoms with Crippen LogP contribution in [0.2, 0.25) is 30.3 Å². The SMILES string of the molecule is CC(C)(C)OC(=O)NC1CC(=O)N(c2ccc(B3OC(C)(C)C(C)(C)O3)cc2)C1.CN(Cc1cccc(Cl)c1)c1ccc2ncc(-c3ccc(N4CC(CC(=O)OC(C)(C)C)CC4=O)cc3)n2n1.CN(Cc1cccc(Cl)c1)c1ccc2ncc(-c3ccc(N4CC(N)CC4=O)cc3)n2n1.CN(Cc1cccc(Cl)c1)c1ccc2ncc(Br)n2n1.CNCc1cccc(Cl)c1.ClCc1cccc(Cl)c1.Clc1ccc2ncc(Br)n2n1. The molecule has 40 heteroatoms. The van der Waals surface area contributed by atoms with Gasteiger partial charge in [-0.2, -0.15) is 5.10 Å². The number of nitrogens with one attached hydrogen (secondary N) is 2. The van der Waals surface area contributed by atoms with Gasteiger partial charge in [0, 0.05) is 151 Å². The summed E-state index contributed by atoms with van der Waals surface area (Å²) in [5.74, 6) is 2.75. The summed E-state index contributed by atoms with van der Waals surface area (Å²) in [7, 11) is 7.47. The molecule has 30 nitrogen and oxygen atoms in total. The van der Waals surface area contributed by atoms with Crippen LogP contribution in [-0.4, -0.2) is 178 Å². The van der Waals surface area contributed by atoms with Crippen molar-refractivity contribution in [1.29, 1.82) is 0 Å². The van der Waals surface area contributed by atoms with Crippen molar-refractivity contribution >= 4 is 213 Å². The number of nitrogens with two attached hydrogens (primary N) is 1. The lowest BCUT2D eigenvalue weighted by Crippen LogP contribution is -2.41. The van der Waals surface area contributed by atoms with E-state index in [2.05, 4.69) is 87.3 Å². The molecule has 3 atom stereocenters. The first-order valence-electron chi connectivity index (χ1n) is 48.3. The Balaban J connectivity index is 0.000000146. The zero-order valence-corrected chi connectivity index (χ0v) is 93.9. The fourth-order valence-electron chi connectivity index (χ4n) is 16.5. The molecule has 150 heavy (non-hydrogen) atoms. The molecule has 0 bridgehead atoms. The summed E-state index contributed by atoms with van der Waals surface area (Å²) in [6, 6.07) is 76.9. The third-order valence-corrected chi connectivity index (χ3v) is 27.2. The van der Waals surface area contributed by atoms with Gasteiger partial charge in [0.05, 0.1) is 59.8 Å². The Bertz CT molecular complexity index is 7390. The number of ether oxygens (including phenoxy) is 2. The number of anilines is 6. The summed E-state index contributed by atoms with van der Waals surface area (Å²) in [6.45, 7) is 23.4. The van der Waals surface area contributed by atoms with Crippen molar-refractivity contribution in [3.63, 3.8) is 0 Å². The molecule has 8 aromatic heterocycles. The number of halogens is 9. The predicted octanol–water partition coefficient (Wildman–Crippen LogP) is 23.2. The Morgan fingerprint density at radius 3 is 1.23 bits per heavy atom. The van der Waals surface area contributed by atoms with Crippen LogP contribution in [-0.2, 0) is 70.0 Å². The number of carbonyl (C=O) groups is 5. The molecule has 4 aliphatic rings. The lowest BCUT2D eigenvalue weighted by atomic mass is 9.79. The molecule has 8 aromatic carbocycles. The highest BCUT2D eigenvalue weighted by molar-refractivity contribution is 9.10. The van der Waals surface area contributed by atoms with E-state index in [1.54, 1.807) is 75.2 Å². The average Bonchev–Trinajstić information content (AvgIpc) is 1.56. The highest BCUT2D eigenvalue weighted by atomic mass is 79.9. The van der Waals surface area contributed by atoms with Crippen LogP contribution in [0, 0.1) is 5.92 Å². The number of hydrogen-bond donors (Lipinski definition) is 3. The second-order valence-corrected chi connectivity index (χ2v) is 43.8. The Morgan fingerprint density at radius 1 is 0.453 bits per heavy atom. The van der Waals surface area contributed by atoms with Crippen molar-refractivity contribution < 1.29 is 42.8 Å². The van der Waals surface area contributed by atoms with Crippen molar-refractivity contribution in [1.82, 2.24) is 69.0 Å². The highest BCUT2D eigenvalue weighted by Crippen LogP contribution is 2.39. The normalized spacial score (nSPS) is 15.5. The second kappa shape index (κ2) is 50.7. The zero-order valence-electron chi connectivity index (χ0n) is 85.4. The third-order valence-electron chi connectivity index (χ3n) is 24.5. The van der Waals surface area contributed by atoms with Crippen LogP contribution in [0.5, 0.6) is 0 Å². The number of carbonyl (C=O) groups excluding carboxylic acids is 5. The van der Waals surface area contributed by atoms with Crippen molar-refractivity contribution in [2.45, 2.75) is 161 Å².